The summed E-state index contributed by atoms with van der Waals surface area (Å²) < 4.78 is 0. The number of hydrogen-bond donors (Lipinski definition) is 1. The Morgan fingerprint density at radius 2 is 2.44 bits per heavy atom. The Balaban J connectivity index is 1.86. The molecule has 3 nitrogen and oxygen atoms in total. The van der Waals surface area contributed by atoms with E-state index >= 15 is 0 Å². The van der Waals surface area contributed by atoms with Gasteiger partial charge in [0.25, 0.3) is 0 Å². The summed E-state index contributed by atoms with van der Waals surface area (Å²) in [6.45, 7) is 8.02. The lowest BCUT2D eigenvalue weighted by Gasteiger charge is -2.31. The van der Waals surface area contributed by atoms with E-state index in [1.165, 1.54) is 42.4 Å². The summed E-state index contributed by atoms with van der Waals surface area (Å²) in [4.78, 5) is 8.46. The molecule has 1 fully saturated rings. The molecule has 102 valence electrons. The summed E-state index contributed by atoms with van der Waals surface area (Å²) in [5.74, 6) is 0.799. The first-order chi connectivity index (χ1) is 8.67. The van der Waals surface area contributed by atoms with E-state index in [2.05, 4.69) is 23.7 Å². The van der Waals surface area contributed by atoms with Crippen LogP contribution in [0.25, 0.3) is 0 Å². The number of aromatic nitrogens is 1. The van der Waals surface area contributed by atoms with Gasteiger partial charge in [-0.1, -0.05) is 6.92 Å². The molecule has 0 saturated carbocycles. The van der Waals surface area contributed by atoms with E-state index in [0.717, 1.165) is 18.8 Å². The molecule has 1 aliphatic heterocycles. The van der Waals surface area contributed by atoms with Gasteiger partial charge in [-0.25, -0.2) is 4.98 Å². The van der Waals surface area contributed by atoms with Crippen molar-refractivity contribution in [2.24, 2.45) is 11.7 Å². The standard InChI is InChI=1S/C14H25N3S/c1-3-17-6-4-5-12(10-17)8-14-16-9-13(18-14)7-11(2)15/h9,11-12H,3-8,10,15H2,1-2H3. The van der Waals surface area contributed by atoms with Gasteiger partial charge in [-0.05, 0) is 45.2 Å². The van der Waals surface area contributed by atoms with Crippen LogP contribution in [-0.4, -0.2) is 35.6 Å². The van der Waals surface area contributed by atoms with Gasteiger partial charge >= 0.3 is 0 Å². The fraction of sp³-hybridized carbons (Fsp3) is 0.786. The van der Waals surface area contributed by atoms with Crippen LogP contribution >= 0.6 is 11.3 Å². The SMILES string of the molecule is CCN1CCCC(Cc2ncc(CC(C)N)s2)C1. The van der Waals surface area contributed by atoms with Gasteiger partial charge in [0.2, 0.25) is 0 Å². The maximum atomic E-state index is 5.83. The zero-order valence-corrected chi connectivity index (χ0v) is 12.4. The largest absolute Gasteiger partial charge is 0.328 e. The quantitative estimate of drug-likeness (QED) is 0.890. The molecule has 1 aliphatic rings. The molecule has 2 atom stereocenters. The Morgan fingerprint density at radius 3 is 3.17 bits per heavy atom. The molecule has 0 spiro atoms. The lowest BCUT2D eigenvalue weighted by atomic mass is 9.95. The molecule has 2 heterocycles. The summed E-state index contributed by atoms with van der Waals surface area (Å²) in [5, 5.41) is 1.30. The zero-order chi connectivity index (χ0) is 13.0. The summed E-state index contributed by atoms with van der Waals surface area (Å²) in [6, 6.07) is 0.239. The van der Waals surface area contributed by atoms with Crippen molar-refractivity contribution in [1.82, 2.24) is 9.88 Å². The van der Waals surface area contributed by atoms with E-state index in [9.17, 15) is 0 Å². The van der Waals surface area contributed by atoms with Crippen LogP contribution in [0.2, 0.25) is 0 Å². The number of piperidine rings is 1. The van der Waals surface area contributed by atoms with Crippen molar-refractivity contribution in [3.8, 4) is 0 Å². The molecule has 0 radical (unpaired) electrons. The van der Waals surface area contributed by atoms with Gasteiger partial charge in [0, 0.05) is 30.1 Å². The minimum absolute atomic E-state index is 0.239. The highest BCUT2D eigenvalue weighted by Gasteiger charge is 2.20. The average molecular weight is 267 g/mol. The minimum atomic E-state index is 0.239. The Labute approximate surface area is 114 Å². The predicted octanol–water partition coefficient (Wildman–Crippen LogP) is 2.31. The number of nitrogens with zero attached hydrogens (tertiary/aromatic N) is 2. The smallest absolute Gasteiger partial charge is 0.0930 e. The maximum Gasteiger partial charge on any atom is 0.0930 e. The van der Waals surface area contributed by atoms with Gasteiger partial charge in [0.05, 0.1) is 5.01 Å². The minimum Gasteiger partial charge on any atom is -0.328 e. The molecule has 0 aromatic carbocycles. The van der Waals surface area contributed by atoms with E-state index < -0.39 is 0 Å². The van der Waals surface area contributed by atoms with E-state index in [-0.39, 0.29) is 6.04 Å². The first kappa shape index (κ1) is 14.0. The highest BCUT2D eigenvalue weighted by Crippen LogP contribution is 2.23. The van der Waals surface area contributed by atoms with Crippen LogP contribution in [0.3, 0.4) is 0 Å². The summed E-state index contributed by atoms with van der Waals surface area (Å²) in [6.07, 6.45) is 6.84. The third kappa shape index (κ3) is 4.04. The van der Waals surface area contributed by atoms with Crippen molar-refractivity contribution in [3.05, 3.63) is 16.1 Å². The van der Waals surface area contributed by atoms with Crippen molar-refractivity contribution in [2.45, 2.75) is 45.6 Å². The number of thiazole rings is 1. The van der Waals surface area contributed by atoms with E-state index in [0.29, 0.717) is 0 Å². The molecule has 4 heteroatoms. The predicted molar refractivity (Wildman–Crippen MR) is 78.0 cm³/mol. The van der Waals surface area contributed by atoms with Crippen molar-refractivity contribution < 1.29 is 0 Å². The van der Waals surface area contributed by atoms with Crippen LogP contribution in [0.5, 0.6) is 0 Å². The lowest BCUT2D eigenvalue weighted by Crippen LogP contribution is -2.35. The third-order valence-electron chi connectivity index (χ3n) is 3.64. The molecule has 0 aliphatic carbocycles. The summed E-state index contributed by atoms with van der Waals surface area (Å²) >= 11 is 1.85. The normalized spacial score (nSPS) is 23.2. The van der Waals surface area contributed by atoms with E-state index in [4.69, 9.17) is 5.73 Å². The number of rotatable bonds is 5. The van der Waals surface area contributed by atoms with Crippen LogP contribution < -0.4 is 5.73 Å². The summed E-state index contributed by atoms with van der Waals surface area (Å²) in [5.41, 5.74) is 5.83. The van der Waals surface area contributed by atoms with Gasteiger partial charge in [0.15, 0.2) is 0 Å². The molecule has 2 N–H and O–H groups in total. The maximum absolute atomic E-state index is 5.83. The van der Waals surface area contributed by atoms with Gasteiger partial charge in [-0.15, -0.1) is 11.3 Å². The molecule has 0 amide bonds. The highest BCUT2D eigenvalue weighted by atomic mass is 32.1. The number of hydrogen-bond acceptors (Lipinski definition) is 4. The lowest BCUT2D eigenvalue weighted by molar-refractivity contribution is 0.182. The Kier molecular flexibility index (Phi) is 5.15. The Hall–Kier alpha value is -0.450. The monoisotopic (exact) mass is 267 g/mol. The Morgan fingerprint density at radius 1 is 1.61 bits per heavy atom. The topological polar surface area (TPSA) is 42.2 Å². The second kappa shape index (κ2) is 6.64. The van der Waals surface area contributed by atoms with Crippen LogP contribution in [0.15, 0.2) is 6.20 Å². The van der Waals surface area contributed by atoms with E-state index in [1.54, 1.807) is 0 Å². The second-order valence-corrected chi connectivity index (χ2v) is 6.71. The van der Waals surface area contributed by atoms with Gasteiger partial charge in [-0.3, -0.25) is 0 Å². The van der Waals surface area contributed by atoms with Gasteiger partial charge in [0.1, 0.15) is 0 Å². The fourth-order valence-electron chi connectivity index (χ4n) is 2.71. The van der Waals surface area contributed by atoms with Gasteiger partial charge < -0.3 is 10.6 Å². The molecule has 0 bridgehead atoms. The van der Waals surface area contributed by atoms with Crippen molar-refractivity contribution in [2.75, 3.05) is 19.6 Å². The third-order valence-corrected chi connectivity index (χ3v) is 4.68. The van der Waals surface area contributed by atoms with Crippen LogP contribution in [-0.2, 0) is 12.8 Å². The first-order valence-electron chi connectivity index (χ1n) is 7.09. The van der Waals surface area contributed by atoms with Crippen LogP contribution in [0.4, 0.5) is 0 Å². The Bertz CT molecular complexity index is 362. The molecular formula is C14H25N3S. The van der Waals surface area contributed by atoms with Crippen molar-refractivity contribution >= 4 is 11.3 Å². The van der Waals surface area contributed by atoms with Crippen LogP contribution in [0.1, 0.15) is 36.6 Å². The van der Waals surface area contributed by atoms with Crippen LogP contribution in [0, 0.1) is 5.92 Å². The number of likely N-dealkylation sites (tertiary alicyclic amines) is 1. The highest BCUT2D eigenvalue weighted by molar-refractivity contribution is 7.11. The number of nitrogens with two attached hydrogens (primary N) is 1. The molecule has 1 aromatic rings. The second-order valence-electron chi connectivity index (χ2n) is 5.51. The fourth-order valence-corrected chi connectivity index (χ4v) is 3.88. The zero-order valence-electron chi connectivity index (χ0n) is 11.6. The molecule has 2 rings (SSSR count). The van der Waals surface area contributed by atoms with Crippen molar-refractivity contribution in [1.29, 1.82) is 0 Å². The van der Waals surface area contributed by atoms with E-state index in [1.807, 2.05) is 17.5 Å². The average Bonchev–Trinajstić information content (AvgIpc) is 2.76. The molecule has 18 heavy (non-hydrogen) atoms. The first-order valence-corrected chi connectivity index (χ1v) is 7.90. The summed E-state index contributed by atoms with van der Waals surface area (Å²) in [7, 11) is 0. The molecule has 1 aromatic heterocycles. The van der Waals surface area contributed by atoms with Gasteiger partial charge in [-0.2, -0.15) is 0 Å². The molecule has 2 unspecified atom stereocenters. The molecule has 1 saturated heterocycles. The van der Waals surface area contributed by atoms with Crippen molar-refractivity contribution in [3.63, 3.8) is 0 Å². The molecular weight excluding hydrogens is 242 g/mol.